The van der Waals surface area contributed by atoms with E-state index in [-0.39, 0.29) is 6.61 Å². The minimum Gasteiger partial charge on any atom is -0.396 e. The van der Waals surface area contributed by atoms with Crippen LogP contribution in [0.5, 0.6) is 0 Å². The largest absolute Gasteiger partial charge is 0.396 e. The molecule has 0 aliphatic rings. The molecule has 2 N–H and O–H groups in total. The van der Waals surface area contributed by atoms with Crippen molar-refractivity contribution in [2.24, 2.45) is 0 Å². The molecule has 98 valence electrons. The first-order chi connectivity index (χ1) is 9.33. The summed E-state index contributed by atoms with van der Waals surface area (Å²) >= 11 is 0. The van der Waals surface area contributed by atoms with Gasteiger partial charge in [-0.3, -0.25) is 0 Å². The third-order valence-corrected chi connectivity index (χ3v) is 2.95. The Morgan fingerprint density at radius 1 is 1.05 bits per heavy atom. The van der Waals surface area contributed by atoms with Gasteiger partial charge in [-0.25, -0.2) is 0 Å². The highest BCUT2D eigenvalue weighted by molar-refractivity contribution is 5.68. The van der Waals surface area contributed by atoms with Crippen LogP contribution in [0.25, 0.3) is 0 Å². The van der Waals surface area contributed by atoms with Crippen LogP contribution >= 0.6 is 0 Å². The zero-order valence-electron chi connectivity index (χ0n) is 10.7. The van der Waals surface area contributed by atoms with Crippen molar-refractivity contribution in [2.45, 2.75) is 12.8 Å². The van der Waals surface area contributed by atoms with Crippen LogP contribution in [0.1, 0.15) is 11.1 Å². The number of nitrogens with one attached hydrogen (secondary N) is 1. The number of rotatable bonds is 6. The molecule has 0 fully saturated rings. The maximum absolute atomic E-state index is 10.6. The number of para-hydroxylation sites is 1. The van der Waals surface area contributed by atoms with Crippen LogP contribution in [-0.2, 0) is 17.6 Å². The molecule has 0 aromatic heterocycles. The standard InChI is InChI=1S/C16H17NO2/c18-11-9-13-5-7-15(8-6-13)17-16-4-2-1-3-14(16)10-12-19/h1-8,12,17-18H,9-11H2. The number of anilines is 2. The van der Waals surface area contributed by atoms with E-state index in [0.29, 0.717) is 12.8 Å². The van der Waals surface area contributed by atoms with Crippen molar-refractivity contribution < 1.29 is 9.90 Å². The average Bonchev–Trinajstić information content (AvgIpc) is 2.44. The normalized spacial score (nSPS) is 10.2. The van der Waals surface area contributed by atoms with E-state index < -0.39 is 0 Å². The zero-order chi connectivity index (χ0) is 13.5. The quantitative estimate of drug-likeness (QED) is 0.780. The Labute approximate surface area is 112 Å². The number of hydrogen-bond acceptors (Lipinski definition) is 3. The van der Waals surface area contributed by atoms with E-state index in [9.17, 15) is 4.79 Å². The highest BCUT2D eigenvalue weighted by atomic mass is 16.2. The van der Waals surface area contributed by atoms with Crippen molar-refractivity contribution in [3.63, 3.8) is 0 Å². The second-order valence-electron chi connectivity index (χ2n) is 4.32. The molecule has 0 saturated carbocycles. The predicted molar refractivity (Wildman–Crippen MR) is 76.7 cm³/mol. The Hall–Kier alpha value is -2.13. The second-order valence-corrected chi connectivity index (χ2v) is 4.32. The van der Waals surface area contributed by atoms with Gasteiger partial charge in [0, 0.05) is 24.4 Å². The van der Waals surface area contributed by atoms with Crippen molar-refractivity contribution in [1.82, 2.24) is 0 Å². The summed E-state index contributed by atoms with van der Waals surface area (Å²) in [5.74, 6) is 0. The van der Waals surface area contributed by atoms with Crippen molar-refractivity contribution in [1.29, 1.82) is 0 Å². The smallest absolute Gasteiger partial charge is 0.124 e. The van der Waals surface area contributed by atoms with Gasteiger partial charge in [-0.2, -0.15) is 0 Å². The molecule has 0 heterocycles. The molecule has 0 spiro atoms. The van der Waals surface area contributed by atoms with Crippen LogP contribution in [0.4, 0.5) is 11.4 Å². The van der Waals surface area contributed by atoms with Crippen LogP contribution in [0.3, 0.4) is 0 Å². The maximum atomic E-state index is 10.6. The Morgan fingerprint density at radius 2 is 1.79 bits per heavy atom. The van der Waals surface area contributed by atoms with E-state index in [4.69, 9.17) is 5.11 Å². The van der Waals surface area contributed by atoms with Gasteiger partial charge in [0.25, 0.3) is 0 Å². The Morgan fingerprint density at radius 3 is 2.47 bits per heavy atom. The lowest BCUT2D eigenvalue weighted by atomic mass is 10.1. The van der Waals surface area contributed by atoms with Crippen LogP contribution in [0, 0.1) is 0 Å². The van der Waals surface area contributed by atoms with Gasteiger partial charge in [-0.1, -0.05) is 30.3 Å². The number of aliphatic hydroxyl groups is 1. The summed E-state index contributed by atoms with van der Waals surface area (Å²) in [4.78, 5) is 10.6. The first kappa shape index (κ1) is 13.3. The first-order valence-corrected chi connectivity index (χ1v) is 6.32. The molecule has 2 rings (SSSR count). The third kappa shape index (κ3) is 3.66. The summed E-state index contributed by atoms with van der Waals surface area (Å²) in [5, 5.41) is 12.2. The molecule has 0 saturated heterocycles. The van der Waals surface area contributed by atoms with Gasteiger partial charge in [0.15, 0.2) is 0 Å². The van der Waals surface area contributed by atoms with Gasteiger partial charge in [-0.15, -0.1) is 0 Å². The van der Waals surface area contributed by atoms with Crippen molar-refractivity contribution in [2.75, 3.05) is 11.9 Å². The number of carbonyl (C=O) groups excluding carboxylic acids is 1. The lowest BCUT2D eigenvalue weighted by Gasteiger charge is -2.11. The van der Waals surface area contributed by atoms with Crippen molar-refractivity contribution in [3.8, 4) is 0 Å². The SMILES string of the molecule is O=CCc1ccccc1Nc1ccc(CCO)cc1. The van der Waals surface area contributed by atoms with E-state index in [1.54, 1.807) is 0 Å². The molecule has 0 bridgehead atoms. The Bertz CT molecular complexity index is 535. The molecule has 0 amide bonds. The van der Waals surface area contributed by atoms with Gasteiger partial charge in [-0.05, 0) is 35.7 Å². The van der Waals surface area contributed by atoms with Gasteiger partial charge < -0.3 is 15.2 Å². The molecular weight excluding hydrogens is 238 g/mol. The summed E-state index contributed by atoms with van der Waals surface area (Å²) in [6.45, 7) is 0.162. The number of aldehydes is 1. The van der Waals surface area contributed by atoms with Crippen LogP contribution in [-0.4, -0.2) is 18.0 Å². The summed E-state index contributed by atoms with van der Waals surface area (Å²) in [6.07, 6.45) is 1.98. The summed E-state index contributed by atoms with van der Waals surface area (Å²) in [7, 11) is 0. The fourth-order valence-corrected chi connectivity index (χ4v) is 1.95. The molecule has 0 radical (unpaired) electrons. The monoisotopic (exact) mass is 255 g/mol. The summed E-state index contributed by atoms with van der Waals surface area (Å²) in [6, 6.07) is 15.7. The lowest BCUT2D eigenvalue weighted by molar-refractivity contribution is -0.107. The molecule has 0 aliphatic carbocycles. The highest BCUT2D eigenvalue weighted by Gasteiger charge is 2.01. The van der Waals surface area contributed by atoms with Gasteiger partial charge >= 0.3 is 0 Å². The van der Waals surface area contributed by atoms with Gasteiger partial charge in [0.2, 0.25) is 0 Å². The summed E-state index contributed by atoms with van der Waals surface area (Å²) < 4.78 is 0. The van der Waals surface area contributed by atoms with E-state index in [1.807, 2.05) is 48.5 Å². The molecule has 0 atom stereocenters. The molecule has 0 aliphatic heterocycles. The van der Waals surface area contributed by atoms with E-state index in [0.717, 1.165) is 28.8 Å². The summed E-state index contributed by atoms with van der Waals surface area (Å²) in [5.41, 5.74) is 4.01. The average molecular weight is 255 g/mol. The second kappa shape index (κ2) is 6.71. The molecule has 3 nitrogen and oxygen atoms in total. The topological polar surface area (TPSA) is 49.3 Å². The van der Waals surface area contributed by atoms with Crippen molar-refractivity contribution >= 4 is 17.7 Å². The van der Waals surface area contributed by atoms with E-state index in [1.165, 1.54) is 0 Å². The highest BCUT2D eigenvalue weighted by Crippen LogP contribution is 2.21. The van der Waals surface area contributed by atoms with Crippen molar-refractivity contribution in [3.05, 3.63) is 59.7 Å². The Balaban J connectivity index is 2.14. The van der Waals surface area contributed by atoms with E-state index >= 15 is 0 Å². The fourth-order valence-electron chi connectivity index (χ4n) is 1.95. The lowest BCUT2D eigenvalue weighted by Crippen LogP contribution is -1.97. The predicted octanol–water partition coefficient (Wildman–Crippen LogP) is 2.71. The molecular formula is C16H17NO2. The van der Waals surface area contributed by atoms with Gasteiger partial charge in [0.1, 0.15) is 6.29 Å². The molecule has 0 unspecified atom stereocenters. The molecule has 2 aromatic carbocycles. The van der Waals surface area contributed by atoms with Crippen LogP contribution in [0.2, 0.25) is 0 Å². The van der Waals surface area contributed by atoms with Gasteiger partial charge in [0.05, 0.1) is 0 Å². The van der Waals surface area contributed by atoms with Crippen LogP contribution < -0.4 is 5.32 Å². The fraction of sp³-hybridized carbons (Fsp3) is 0.188. The minimum atomic E-state index is 0.162. The minimum absolute atomic E-state index is 0.162. The van der Waals surface area contributed by atoms with Crippen LogP contribution in [0.15, 0.2) is 48.5 Å². The molecule has 2 aromatic rings. The first-order valence-electron chi connectivity index (χ1n) is 6.32. The zero-order valence-corrected chi connectivity index (χ0v) is 10.7. The maximum Gasteiger partial charge on any atom is 0.124 e. The Kier molecular flexibility index (Phi) is 4.70. The number of hydrogen-bond donors (Lipinski definition) is 2. The number of carbonyl (C=O) groups is 1. The molecule has 19 heavy (non-hydrogen) atoms. The van der Waals surface area contributed by atoms with E-state index in [2.05, 4.69) is 5.32 Å². The molecule has 3 heteroatoms. The number of aliphatic hydroxyl groups excluding tert-OH is 1. The third-order valence-electron chi connectivity index (χ3n) is 2.95. The number of benzene rings is 2.